The number of nitrogens with one attached hydrogen (secondary N) is 2. The Morgan fingerprint density at radius 2 is 1.86 bits per heavy atom. The number of benzene rings is 1. The van der Waals surface area contributed by atoms with Gasteiger partial charge in [0.2, 0.25) is 5.91 Å². The molecule has 1 aliphatic rings. The van der Waals surface area contributed by atoms with Gasteiger partial charge in [0, 0.05) is 12.0 Å². The molecule has 3 nitrogen and oxygen atoms in total. The summed E-state index contributed by atoms with van der Waals surface area (Å²) in [6.45, 7) is 9.08. The number of carbonyl (C=O) groups excluding carboxylic acids is 1. The maximum absolute atomic E-state index is 12.7. The van der Waals surface area contributed by atoms with Crippen molar-refractivity contribution in [3.63, 3.8) is 0 Å². The van der Waals surface area contributed by atoms with Gasteiger partial charge in [0.15, 0.2) is 0 Å². The molecule has 21 heavy (non-hydrogen) atoms. The monoisotopic (exact) mass is 288 g/mol. The maximum Gasteiger partial charge on any atom is 0.226 e. The lowest BCUT2D eigenvalue weighted by Crippen LogP contribution is -2.49. The summed E-state index contributed by atoms with van der Waals surface area (Å²) in [7, 11) is 0. The highest BCUT2D eigenvalue weighted by atomic mass is 16.2. The van der Waals surface area contributed by atoms with Gasteiger partial charge >= 0.3 is 0 Å². The number of rotatable bonds is 5. The molecule has 0 bridgehead atoms. The zero-order valence-corrected chi connectivity index (χ0v) is 13.5. The highest BCUT2D eigenvalue weighted by molar-refractivity contribution is 5.82. The van der Waals surface area contributed by atoms with Crippen molar-refractivity contribution in [3.8, 4) is 0 Å². The lowest BCUT2D eigenvalue weighted by molar-refractivity contribution is -0.133. The van der Waals surface area contributed by atoms with E-state index in [0.29, 0.717) is 6.54 Å². The molecular weight excluding hydrogens is 260 g/mol. The van der Waals surface area contributed by atoms with E-state index in [1.54, 1.807) is 0 Å². The number of hydrogen-bond donors (Lipinski definition) is 2. The first-order valence-corrected chi connectivity index (χ1v) is 8.05. The van der Waals surface area contributed by atoms with Crippen LogP contribution in [-0.2, 0) is 10.2 Å². The van der Waals surface area contributed by atoms with Crippen LogP contribution in [-0.4, -0.2) is 25.5 Å². The molecule has 0 aromatic heterocycles. The van der Waals surface area contributed by atoms with Crippen molar-refractivity contribution in [2.24, 2.45) is 5.41 Å². The normalized spacial score (nSPS) is 18.2. The fraction of sp³-hybridized carbons (Fsp3) is 0.611. The van der Waals surface area contributed by atoms with Crippen molar-refractivity contribution in [2.45, 2.75) is 45.4 Å². The first kappa shape index (κ1) is 16.0. The van der Waals surface area contributed by atoms with Crippen LogP contribution >= 0.6 is 0 Å². The minimum atomic E-state index is -0.169. The van der Waals surface area contributed by atoms with Gasteiger partial charge in [-0.3, -0.25) is 4.79 Å². The van der Waals surface area contributed by atoms with Crippen LogP contribution in [0.4, 0.5) is 0 Å². The molecule has 1 aliphatic heterocycles. The van der Waals surface area contributed by atoms with Gasteiger partial charge in [0.25, 0.3) is 0 Å². The maximum atomic E-state index is 12.7. The quantitative estimate of drug-likeness (QED) is 0.875. The Hall–Kier alpha value is -1.35. The molecular formula is C18H28N2O. The van der Waals surface area contributed by atoms with Gasteiger partial charge in [0.05, 0.1) is 5.41 Å². The summed E-state index contributed by atoms with van der Waals surface area (Å²) in [6.07, 6.45) is 2.81. The fourth-order valence-electron chi connectivity index (χ4n) is 3.13. The van der Waals surface area contributed by atoms with Crippen molar-refractivity contribution in [3.05, 3.63) is 35.9 Å². The average Bonchev–Trinajstić information content (AvgIpc) is 2.54. The Kier molecular flexibility index (Phi) is 5.04. The van der Waals surface area contributed by atoms with Gasteiger partial charge in [-0.2, -0.15) is 0 Å². The second-order valence-electron chi connectivity index (χ2n) is 6.82. The first-order valence-electron chi connectivity index (χ1n) is 8.05. The van der Waals surface area contributed by atoms with E-state index < -0.39 is 0 Å². The van der Waals surface area contributed by atoms with E-state index in [2.05, 4.69) is 55.7 Å². The minimum absolute atomic E-state index is 0.0429. The third-order valence-electron chi connectivity index (χ3n) is 4.97. The van der Waals surface area contributed by atoms with Crippen molar-refractivity contribution in [1.29, 1.82) is 0 Å². The second-order valence-corrected chi connectivity index (χ2v) is 6.82. The summed E-state index contributed by atoms with van der Waals surface area (Å²) >= 11 is 0. The fourth-order valence-corrected chi connectivity index (χ4v) is 3.13. The molecule has 1 heterocycles. The molecule has 1 aromatic rings. The topological polar surface area (TPSA) is 41.1 Å². The summed E-state index contributed by atoms with van der Waals surface area (Å²) in [5, 5.41) is 6.56. The SMILES string of the molecule is CCC1(C(=O)NCC(C)(C)c2ccccc2)CCNCC1. The Morgan fingerprint density at radius 1 is 1.24 bits per heavy atom. The molecule has 3 heteroatoms. The molecule has 2 N–H and O–H groups in total. The highest BCUT2D eigenvalue weighted by Gasteiger charge is 2.38. The largest absolute Gasteiger partial charge is 0.355 e. The van der Waals surface area contributed by atoms with Gasteiger partial charge in [-0.15, -0.1) is 0 Å². The number of piperidine rings is 1. The lowest BCUT2D eigenvalue weighted by atomic mass is 9.75. The smallest absolute Gasteiger partial charge is 0.226 e. The standard InChI is InChI=1S/C18H28N2O/c1-4-18(10-12-19-13-11-18)16(21)20-14-17(2,3)15-8-6-5-7-9-15/h5-9,19H,4,10-14H2,1-3H3,(H,20,21). The number of hydrogen-bond acceptors (Lipinski definition) is 2. The molecule has 0 unspecified atom stereocenters. The van der Waals surface area contributed by atoms with Crippen molar-refractivity contribution >= 4 is 5.91 Å². The van der Waals surface area contributed by atoms with E-state index in [0.717, 1.165) is 32.4 Å². The van der Waals surface area contributed by atoms with E-state index >= 15 is 0 Å². The Bertz CT molecular complexity index is 461. The van der Waals surface area contributed by atoms with Crippen LogP contribution in [0.5, 0.6) is 0 Å². The van der Waals surface area contributed by atoms with Crippen LogP contribution in [0.25, 0.3) is 0 Å². The van der Waals surface area contributed by atoms with Crippen LogP contribution in [0, 0.1) is 5.41 Å². The minimum Gasteiger partial charge on any atom is -0.355 e. The second kappa shape index (κ2) is 6.61. The van der Waals surface area contributed by atoms with Crippen molar-refractivity contribution < 1.29 is 4.79 Å². The van der Waals surface area contributed by atoms with Gasteiger partial charge in [-0.25, -0.2) is 0 Å². The molecule has 0 spiro atoms. The molecule has 0 saturated carbocycles. The Balaban J connectivity index is 2.00. The molecule has 0 atom stereocenters. The van der Waals surface area contributed by atoms with Crippen LogP contribution in [0.2, 0.25) is 0 Å². The third kappa shape index (κ3) is 3.65. The zero-order valence-electron chi connectivity index (χ0n) is 13.5. The zero-order chi connectivity index (χ0) is 15.3. The van der Waals surface area contributed by atoms with Crippen molar-refractivity contribution in [1.82, 2.24) is 10.6 Å². The predicted octanol–water partition coefficient (Wildman–Crippen LogP) is 2.86. The summed E-state index contributed by atoms with van der Waals surface area (Å²) in [6, 6.07) is 10.4. The molecule has 0 aliphatic carbocycles. The van der Waals surface area contributed by atoms with Crippen LogP contribution in [0.3, 0.4) is 0 Å². The van der Waals surface area contributed by atoms with Crippen molar-refractivity contribution in [2.75, 3.05) is 19.6 Å². The van der Waals surface area contributed by atoms with Gasteiger partial charge in [-0.05, 0) is 37.9 Å². The van der Waals surface area contributed by atoms with Crippen LogP contribution in [0.1, 0.15) is 45.6 Å². The molecule has 0 radical (unpaired) electrons. The van der Waals surface area contributed by atoms with Gasteiger partial charge < -0.3 is 10.6 Å². The molecule has 1 aromatic carbocycles. The highest BCUT2D eigenvalue weighted by Crippen LogP contribution is 2.33. The van der Waals surface area contributed by atoms with E-state index in [-0.39, 0.29) is 16.7 Å². The van der Waals surface area contributed by atoms with E-state index in [1.165, 1.54) is 5.56 Å². The number of amides is 1. The Labute approximate surface area is 128 Å². The summed E-state index contributed by atoms with van der Waals surface area (Å²) < 4.78 is 0. The van der Waals surface area contributed by atoms with E-state index in [1.807, 2.05) is 6.07 Å². The van der Waals surface area contributed by atoms with Crippen LogP contribution in [0.15, 0.2) is 30.3 Å². The molecule has 1 saturated heterocycles. The predicted molar refractivity (Wildman–Crippen MR) is 87.3 cm³/mol. The summed E-state index contributed by atoms with van der Waals surface area (Å²) in [4.78, 5) is 12.7. The number of carbonyl (C=O) groups is 1. The molecule has 1 fully saturated rings. The molecule has 116 valence electrons. The average molecular weight is 288 g/mol. The molecule has 2 rings (SSSR count). The first-order chi connectivity index (χ1) is 10.0. The third-order valence-corrected chi connectivity index (χ3v) is 4.97. The van der Waals surface area contributed by atoms with E-state index in [9.17, 15) is 4.79 Å². The van der Waals surface area contributed by atoms with Gasteiger partial charge in [-0.1, -0.05) is 51.1 Å². The van der Waals surface area contributed by atoms with Gasteiger partial charge in [0.1, 0.15) is 0 Å². The summed E-state index contributed by atoms with van der Waals surface area (Å²) in [5.41, 5.74) is 1.05. The Morgan fingerprint density at radius 3 is 2.43 bits per heavy atom. The van der Waals surface area contributed by atoms with E-state index in [4.69, 9.17) is 0 Å². The van der Waals surface area contributed by atoms with Crippen LogP contribution < -0.4 is 10.6 Å². The lowest BCUT2D eigenvalue weighted by Gasteiger charge is -2.36. The summed E-state index contributed by atoms with van der Waals surface area (Å²) in [5.74, 6) is 0.232. The molecule has 1 amide bonds.